The second-order valence-electron chi connectivity index (χ2n) is 4.69. The van der Waals surface area contributed by atoms with Gasteiger partial charge in [0.2, 0.25) is 0 Å². The number of nitrogens with one attached hydrogen (secondary N) is 1. The van der Waals surface area contributed by atoms with Crippen molar-refractivity contribution in [2.75, 3.05) is 11.9 Å². The standard InChI is InChI=1S/C14H21N3O3/c1-2-10(5-6-12(18)19)7-9-17-14-11(13(15)20)4-3-8-16-14/h3-4,8,10H,2,5-7,9H2,1H3,(H2,15,20)(H,16,17)(H,18,19). The third-order valence-corrected chi connectivity index (χ3v) is 3.26. The minimum Gasteiger partial charge on any atom is -0.481 e. The molecule has 1 amide bonds. The molecule has 20 heavy (non-hydrogen) atoms. The first-order chi connectivity index (χ1) is 9.54. The average Bonchev–Trinajstić information content (AvgIpc) is 2.42. The quantitative estimate of drug-likeness (QED) is 0.640. The fourth-order valence-electron chi connectivity index (χ4n) is 2.02. The second kappa shape index (κ2) is 8.14. The molecule has 6 nitrogen and oxygen atoms in total. The number of primary amides is 1. The van der Waals surface area contributed by atoms with E-state index in [-0.39, 0.29) is 6.42 Å². The summed E-state index contributed by atoms with van der Waals surface area (Å²) in [7, 11) is 0. The molecule has 1 unspecified atom stereocenters. The number of rotatable bonds is 9. The summed E-state index contributed by atoms with van der Waals surface area (Å²) in [6.45, 7) is 2.68. The van der Waals surface area contributed by atoms with Crippen LogP contribution < -0.4 is 11.1 Å². The number of carbonyl (C=O) groups excluding carboxylic acids is 1. The van der Waals surface area contributed by atoms with E-state index in [1.54, 1.807) is 18.3 Å². The molecule has 0 fully saturated rings. The third-order valence-electron chi connectivity index (χ3n) is 3.26. The van der Waals surface area contributed by atoms with Crippen molar-refractivity contribution in [1.82, 2.24) is 4.98 Å². The molecular formula is C14H21N3O3. The number of aliphatic carboxylic acids is 1. The summed E-state index contributed by atoms with van der Waals surface area (Å²) in [4.78, 5) is 25.9. The second-order valence-corrected chi connectivity index (χ2v) is 4.69. The van der Waals surface area contributed by atoms with Crippen LogP contribution in [0.4, 0.5) is 5.82 Å². The maximum absolute atomic E-state index is 11.2. The number of nitrogens with two attached hydrogens (primary N) is 1. The monoisotopic (exact) mass is 279 g/mol. The molecule has 110 valence electrons. The van der Waals surface area contributed by atoms with Gasteiger partial charge >= 0.3 is 5.97 Å². The zero-order valence-corrected chi connectivity index (χ0v) is 11.6. The Hall–Kier alpha value is -2.11. The van der Waals surface area contributed by atoms with Crippen LogP contribution in [0.25, 0.3) is 0 Å². The van der Waals surface area contributed by atoms with Crippen LogP contribution in [0.3, 0.4) is 0 Å². The molecule has 0 bridgehead atoms. The summed E-state index contributed by atoms with van der Waals surface area (Å²) in [5.74, 6) is -0.455. The minimum absolute atomic E-state index is 0.189. The molecule has 0 spiro atoms. The molecular weight excluding hydrogens is 258 g/mol. The average molecular weight is 279 g/mol. The molecule has 0 aromatic carbocycles. The Morgan fingerprint density at radius 1 is 1.45 bits per heavy atom. The number of carboxylic acids is 1. The molecule has 1 rings (SSSR count). The van der Waals surface area contributed by atoms with Gasteiger partial charge in [-0.3, -0.25) is 9.59 Å². The lowest BCUT2D eigenvalue weighted by Crippen LogP contribution is -2.17. The molecule has 0 aliphatic rings. The predicted molar refractivity (Wildman–Crippen MR) is 76.5 cm³/mol. The van der Waals surface area contributed by atoms with E-state index in [1.807, 2.05) is 6.92 Å². The first-order valence-corrected chi connectivity index (χ1v) is 6.75. The molecule has 0 aliphatic heterocycles. The Labute approximate surface area is 118 Å². The highest BCUT2D eigenvalue weighted by Crippen LogP contribution is 2.16. The number of carbonyl (C=O) groups is 2. The van der Waals surface area contributed by atoms with E-state index >= 15 is 0 Å². The number of aromatic nitrogens is 1. The van der Waals surface area contributed by atoms with Gasteiger partial charge in [0.1, 0.15) is 5.82 Å². The highest BCUT2D eigenvalue weighted by molar-refractivity contribution is 5.97. The van der Waals surface area contributed by atoms with Gasteiger partial charge in [0, 0.05) is 19.2 Å². The Morgan fingerprint density at radius 3 is 2.80 bits per heavy atom. The molecule has 1 heterocycles. The summed E-state index contributed by atoms with van der Waals surface area (Å²) in [6.07, 6.45) is 4.21. The number of amides is 1. The highest BCUT2D eigenvalue weighted by Gasteiger charge is 2.11. The maximum atomic E-state index is 11.2. The van der Waals surface area contributed by atoms with Crippen molar-refractivity contribution in [2.24, 2.45) is 11.7 Å². The number of pyridine rings is 1. The topological polar surface area (TPSA) is 105 Å². The minimum atomic E-state index is -0.767. The van der Waals surface area contributed by atoms with Crippen LogP contribution in [0, 0.1) is 5.92 Å². The normalized spacial score (nSPS) is 11.8. The van der Waals surface area contributed by atoms with E-state index in [1.165, 1.54) is 0 Å². The molecule has 0 radical (unpaired) electrons. The fraction of sp³-hybridized carbons (Fsp3) is 0.500. The van der Waals surface area contributed by atoms with Gasteiger partial charge in [-0.2, -0.15) is 0 Å². The molecule has 0 aliphatic carbocycles. The summed E-state index contributed by atoms with van der Waals surface area (Å²) in [5, 5.41) is 11.8. The van der Waals surface area contributed by atoms with Crippen molar-refractivity contribution < 1.29 is 14.7 Å². The first kappa shape index (κ1) is 15.9. The van der Waals surface area contributed by atoms with Crippen LogP contribution >= 0.6 is 0 Å². The number of anilines is 1. The van der Waals surface area contributed by atoms with Crippen LogP contribution in [0.1, 0.15) is 43.0 Å². The van der Waals surface area contributed by atoms with Crippen LogP contribution in [-0.2, 0) is 4.79 Å². The van der Waals surface area contributed by atoms with Gasteiger partial charge in [0.25, 0.3) is 5.91 Å². The number of hydrogen-bond donors (Lipinski definition) is 3. The Bertz CT molecular complexity index is 463. The van der Waals surface area contributed by atoms with Crippen LogP contribution in [0.5, 0.6) is 0 Å². The number of hydrogen-bond acceptors (Lipinski definition) is 4. The van der Waals surface area contributed by atoms with Crippen molar-refractivity contribution in [3.05, 3.63) is 23.9 Å². The van der Waals surface area contributed by atoms with Gasteiger partial charge in [0.05, 0.1) is 5.56 Å². The Morgan fingerprint density at radius 2 is 2.20 bits per heavy atom. The van der Waals surface area contributed by atoms with E-state index in [0.717, 1.165) is 12.8 Å². The Kier molecular flexibility index (Phi) is 6.49. The smallest absolute Gasteiger partial charge is 0.303 e. The van der Waals surface area contributed by atoms with Gasteiger partial charge in [0.15, 0.2) is 0 Å². The van der Waals surface area contributed by atoms with Crippen LogP contribution in [-0.4, -0.2) is 28.5 Å². The molecule has 1 aromatic rings. The van der Waals surface area contributed by atoms with Crippen LogP contribution in [0.2, 0.25) is 0 Å². The fourth-order valence-corrected chi connectivity index (χ4v) is 2.02. The maximum Gasteiger partial charge on any atom is 0.303 e. The van der Waals surface area contributed by atoms with E-state index in [9.17, 15) is 9.59 Å². The zero-order valence-electron chi connectivity index (χ0n) is 11.6. The molecule has 0 saturated heterocycles. The lowest BCUT2D eigenvalue weighted by atomic mass is 9.96. The first-order valence-electron chi connectivity index (χ1n) is 6.75. The summed E-state index contributed by atoms with van der Waals surface area (Å²) < 4.78 is 0. The Balaban J connectivity index is 2.47. The van der Waals surface area contributed by atoms with Gasteiger partial charge in [-0.25, -0.2) is 4.98 Å². The highest BCUT2D eigenvalue weighted by atomic mass is 16.4. The zero-order chi connectivity index (χ0) is 15.0. The SMILES string of the molecule is CCC(CCNc1ncccc1C(N)=O)CCC(=O)O. The van der Waals surface area contributed by atoms with Crippen molar-refractivity contribution in [1.29, 1.82) is 0 Å². The molecule has 4 N–H and O–H groups in total. The van der Waals surface area contributed by atoms with E-state index in [0.29, 0.717) is 30.3 Å². The van der Waals surface area contributed by atoms with Crippen molar-refractivity contribution in [3.8, 4) is 0 Å². The van der Waals surface area contributed by atoms with Crippen molar-refractivity contribution >= 4 is 17.7 Å². The summed E-state index contributed by atoms with van der Waals surface area (Å²) >= 11 is 0. The van der Waals surface area contributed by atoms with E-state index in [4.69, 9.17) is 10.8 Å². The molecule has 6 heteroatoms. The lowest BCUT2D eigenvalue weighted by molar-refractivity contribution is -0.137. The lowest BCUT2D eigenvalue weighted by Gasteiger charge is -2.15. The number of nitrogens with zero attached hydrogens (tertiary/aromatic N) is 1. The summed E-state index contributed by atoms with van der Waals surface area (Å²) in [6, 6.07) is 3.28. The van der Waals surface area contributed by atoms with E-state index < -0.39 is 11.9 Å². The summed E-state index contributed by atoms with van der Waals surface area (Å²) in [5.41, 5.74) is 5.64. The number of carboxylic acid groups (broad SMARTS) is 1. The molecule has 1 atom stereocenters. The molecule has 0 saturated carbocycles. The largest absolute Gasteiger partial charge is 0.481 e. The van der Waals surface area contributed by atoms with Crippen LogP contribution in [0.15, 0.2) is 18.3 Å². The van der Waals surface area contributed by atoms with Crippen molar-refractivity contribution in [3.63, 3.8) is 0 Å². The van der Waals surface area contributed by atoms with E-state index in [2.05, 4.69) is 10.3 Å². The van der Waals surface area contributed by atoms with Gasteiger partial charge in [-0.05, 0) is 30.9 Å². The third kappa shape index (κ3) is 5.26. The van der Waals surface area contributed by atoms with Gasteiger partial charge in [-0.15, -0.1) is 0 Å². The van der Waals surface area contributed by atoms with Crippen molar-refractivity contribution in [2.45, 2.75) is 32.6 Å². The predicted octanol–water partition coefficient (Wildman–Crippen LogP) is 1.87. The van der Waals surface area contributed by atoms with Gasteiger partial charge in [-0.1, -0.05) is 13.3 Å². The molecule has 1 aromatic heterocycles. The van der Waals surface area contributed by atoms with Gasteiger partial charge < -0.3 is 16.2 Å².